The normalized spacial score (nSPS) is 17.2. The first-order valence-corrected chi connectivity index (χ1v) is 8.81. The molecule has 0 saturated heterocycles. The molecule has 3 nitrogen and oxygen atoms in total. The smallest absolute Gasteiger partial charge is 0.416 e. The summed E-state index contributed by atoms with van der Waals surface area (Å²) in [5, 5.41) is 9.86. The number of aliphatic hydroxyl groups is 1. The summed E-state index contributed by atoms with van der Waals surface area (Å²) in [6.45, 7) is -0.206. The van der Waals surface area contributed by atoms with Crippen molar-refractivity contribution in [3.63, 3.8) is 0 Å². The summed E-state index contributed by atoms with van der Waals surface area (Å²) in [5.74, 6) is 0.456. The monoisotopic (exact) mass is 424 g/mol. The number of aliphatic hydroxyl groups excluding tert-OH is 1. The number of halogens is 6. The molecule has 0 radical (unpaired) electrons. The fourth-order valence-corrected chi connectivity index (χ4v) is 3.31. The van der Waals surface area contributed by atoms with Crippen molar-refractivity contribution < 1.29 is 40.4 Å². The lowest BCUT2D eigenvalue weighted by Gasteiger charge is -2.22. The minimum Gasteiger partial charge on any atom is -0.493 e. The minimum absolute atomic E-state index is 0.0808. The van der Waals surface area contributed by atoms with Crippen molar-refractivity contribution >= 4 is 12.0 Å². The van der Waals surface area contributed by atoms with Gasteiger partial charge in [-0.1, -0.05) is 12.1 Å². The Balaban J connectivity index is 1.72. The number of benzene rings is 2. The zero-order valence-corrected chi connectivity index (χ0v) is 14.9. The lowest BCUT2D eigenvalue weighted by molar-refractivity contribution is -0.143. The predicted octanol–water partition coefficient (Wildman–Crippen LogP) is 5.76. The first-order chi connectivity index (χ1) is 13.1. The van der Waals surface area contributed by atoms with Gasteiger partial charge in [0.15, 0.2) is 0 Å². The maximum absolute atomic E-state index is 13.1. The number of hydrogen-bond acceptors (Lipinski definition) is 4. The highest BCUT2D eigenvalue weighted by atomic mass is 32.2. The summed E-state index contributed by atoms with van der Waals surface area (Å²) in [7, 11) is 0. The van der Waals surface area contributed by atoms with Crippen LogP contribution in [0, 0.1) is 0 Å². The molecule has 0 bridgehead atoms. The van der Waals surface area contributed by atoms with Gasteiger partial charge in [0.1, 0.15) is 5.75 Å². The van der Waals surface area contributed by atoms with Crippen molar-refractivity contribution in [3.05, 3.63) is 58.7 Å². The molecule has 0 aromatic heterocycles. The van der Waals surface area contributed by atoms with E-state index in [0.717, 1.165) is 18.1 Å². The molecule has 28 heavy (non-hydrogen) atoms. The Labute approximate surface area is 160 Å². The van der Waals surface area contributed by atoms with Crippen molar-refractivity contribution in [3.8, 4) is 5.75 Å². The van der Waals surface area contributed by atoms with Crippen LogP contribution in [0.2, 0.25) is 0 Å². The molecular weight excluding hydrogens is 410 g/mol. The average molecular weight is 424 g/mol. The summed E-state index contributed by atoms with van der Waals surface area (Å²) in [6, 6.07) is 6.26. The van der Waals surface area contributed by atoms with Gasteiger partial charge < -0.3 is 14.0 Å². The Morgan fingerprint density at radius 2 is 1.79 bits per heavy atom. The van der Waals surface area contributed by atoms with Crippen LogP contribution >= 0.6 is 12.0 Å². The molecule has 1 N–H and O–H groups in total. The van der Waals surface area contributed by atoms with Crippen molar-refractivity contribution in [2.24, 2.45) is 0 Å². The van der Waals surface area contributed by atoms with Gasteiger partial charge in [-0.15, -0.1) is 0 Å². The van der Waals surface area contributed by atoms with E-state index in [1.807, 2.05) is 0 Å². The number of alkyl halides is 6. The lowest BCUT2D eigenvalue weighted by Crippen LogP contribution is -2.14. The number of rotatable bonds is 4. The molecule has 2 aromatic rings. The van der Waals surface area contributed by atoms with Crippen LogP contribution in [0.3, 0.4) is 0 Å². The third-order valence-corrected chi connectivity index (χ3v) is 4.79. The van der Waals surface area contributed by atoms with Gasteiger partial charge in [0.05, 0.1) is 30.4 Å². The van der Waals surface area contributed by atoms with Gasteiger partial charge in [0.25, 0.3) is 0 Å². The molecule has 1 atom stereocenters. The minimum atomic E-state index is -4.94. The van der Waals surface area contributed by atoms with Gasteiger partial charge >= 0.3 is 12.4 Å². The number of ether oxygens (including phenoxy) is 1. The second kappa shape index (κ2) is 7.84. The molecule has 0 spiro atoms. The first kappa shape index (κ1) is 20.8. The van der Waals surface area contributed by atoms with E-state index in [1.165, 1.54) is 0 Å². The molecule has 1 aliphatic rings. The number of fused-ring (bicyclic) bond motifs is 1. The molecule has 0 fully saturated rings. The van der Waals surface area contributed by atoms with Crippen LogP contribution in [0.4, 0.5) is 26.3 Å². The van der Waals surface area contributed by atoms with Crippen molar-refractivity contribution in [1.82, 2.24) is 0 Å². The quantitative estimate of drug-likeness (QED) is 0.500. The van der Waals surface area contributed by atoms with E-state index in [0.29, 0.717) is 35.3 Å². The zero-order valence-electron chi connectivity index (χ0n) is 14.1. The SMILES string of the molecule is OC1CCOc2cc(SOCc3ccc(C(F)(F)F)cc3C(F)(F)F)ccc21. The molecule has 10 heteroatoms. The van der Waals surface area contributed by atoms with Gasteiger partial charge in [-0.25, -0.2) is 0 Å². The van der Waals surface area contributed by atoms with Gasteiger partial charge in [-0.3, -0.25) is 0 Å². The summed E-state index contributed by atoms with van der Waals surface area (Å²) in [6.07, 6.45) is -10.0. The van der Waals surface area contributed by atoms with E-state index < -0.39 is 41.8 Å². The molecule has 3 rings (SSSR count). The molecule has 1 unspecified atom stereocenters. The van der Waals surface area contributed by atoms with E-state index in [2.05, 4.69) is 0 Å². The Hall–Kier alpha value is -1.91. The van der Waals surface area contributed by atoms with E-state index in [1.54, 1.807) is 18.2 Å². The summed E-state index contributed by atoms with van der Waals surface area (Å²) >= 11 is 0.767. The van der Waals surface area contributed by atoms with Crippen molar-refractivity contribution in [2.75, 3.05) is 6.61 Å². The second-order valence-electron chi connectivity index (χ2n) is 6.07. The largest absolute Gasteiger partial charge is 0.493 e. The van der Waals surface area contributed by atoms with Gasteiger partial charge in [-0.05, 0) is 29.8 Å². The van der Waals surface area contributed by atoms with Crippen LogP contribution in [0.25, 0.3) is 0 Å². The molecule has 0 amide bonds. The van der Waals surface area contributed by atoms with Crippen LogP contribution in [0.1, 0.15) is 34.8 Å². The predicted molar refractivity (Wildman–Crippen MR) is 88.6 cm³/mol. The standard InChI is InChI=1S/C18H14F6O3S/c19-17(20,21)11-2-1-10(14(7-11)18(22,23)24)9-27-28-12-3-4-13-15(25)5-6-26-16(13)8-12/h1-4,7-8,15,25H,5-6,9H2. The molecule has 2 aromatic carbocycles. The van der Waals surface area contributed by atoms with Gasteiger partial charge in [0.2, 0.25) is 0 Å². The van der Waals surface area contributed by atoms with E-state index >= 15 is 0 Å². The Morgan fingerprint density at radius 1 is 1.04 bits per heavy atom. The molecular formula is C18H14F6O3S. The number of hydrogen-bond donors (Lipinski definition) is 1. The summed E-state index contributed by atoms with van der Waals surface area (Å²) in [5.41, 5.74) is -2.56. The average Bonchev–Trinajstić information content (AvgIpc) is 2.60. The van der Waals surface area contributed by atoms with Crippen molar-refractivity contribution in [1.29, 1.82) is 0 Å². The zero-order chi connectivity index (χ0) is 20.5. The molecule has 152 valence electrons. The van der Waals surface area contributed by atoms with Crippen LogP contribution in [-0.2, 0) is 23.1 Å². The highest BCUT2D eigenvalue weighted by molar-refractivity contribution is 7.94. The highest BCUT2D eigenvalue weighted by Crippen LogP contribution is 2.39. The lowest BCUT2D eigenvalue weighted by atomic mass is 10.0. The maximum Gasteiger partial charge on any atom is 0.416 e. The van der Waals surface area contributed by atoms with E-state index in [4.69, 9.17) is 8.92 Å². The van der Waals surface area contributed by atoms with E-state index in [9.17, 15) is 31.4 Å². The second-order valence-corrected chi connectivity index (χ2v) is 6.94. The maximum atomic E-state index is 13.1. The van der Waals surface area contributed by atoms with Crippen LogP contribution < -0.4 is 4.74 Å². The summed E-state index contributed by atoms with van der Waals surface area (Å²) in [4.78, 5) is 0.522. The third-order valence-electron chi connectivity index (χ3n) is 4.11. The summed E-state index contributed by atoms with van der Waals surface area (Å²) < 4.78 is 88.1. The van der Waals surface area contributed by atoms with Crippen molar-refractivity contribution in [2.45, 2.75) is 36.4 Å². The molecule has 0 saturated carbocycles. The van der Waals surface area contributed by atoms with Crippen LogP contribution in [-0.4, -0.2) is 11.7 Å². The Morgan fingerprint density at radius 3 is 2.46 bits per heavy atom. The molecule has 1 heterocycles. The third kappa shape index (κ3) is 4.73. The van der Waals surface area contributed by atoms with E-state index in [-0.39, 0.29) is 6.07 Å². The molecule has 1 aliphatic heterocycles. The van der Waals surface area contributed by atoms with Gasteiger partial charge in [0, 0.05) is 28.9 Å². The fourth-order valence-electron chi connectivity index (χ4n) is 2.71. The highest BCUT2D eigenvalue weighted by Gasteiger charge is 2.38. The molecule has 0 aliphatic carbocycles. The fraction of sp³-hybridized carbons (Fsp3) is 0.333. The van der Waals surface area contributed by atoms with Crippen LogP contribution in [0.15, 0.2) is 41.3 Å². The first-order valence-electron chi connectivity index (χ1n) is 8.07. The van der Waals surface area contributed by atoms with Crippen LogP contribution in [0.5, 0.6) is 5.75 Å². The Bertz CT molecular complexity index is 850. The Kier molecular flexibility index (Phi) is 5.83. The topological polar surface area (TPSA) is 38.7 Å². The van der Waals surface area contributed by atoms with Gasteiger partial charge in [-0.2, -0.15) is 26.3 Å².